The van der Waals surface area contributed by atoms with Crippen LogP contribution in [-0.4, -0.2) is 5.16 Å². The zero-order chi connectivity index (χ0) is 4.50. The highest BCUT2D eigenvalue weighted by atomic mass is 79.9. The maximum absolute atomic E-state index is 2.72. The SMILES string of the molecule is Br.Br.CC(C)(C)P. The van der Waals surface area contributed by atoms with E-state index in [1.165, 1.54) is 0 Å². The van der Waals surface area contributed by atoms with Gasteiger partial charge in [0, 0.05) is 0 Å². The Labute approximate surface area is 69.2 Å². The maximum Gasteiger partial charge on any atom is -0.0235 e. The van der Waals surface area contributed by atoms with Crippen LogP contribution in [0.15, 0.2) is 0 Å². The van der Waals surface area contributed by atoms with E-state index < -0.39 is 0 Å². The second-order valence-corrected chi connectivity index (χ2v) is 4.10. The zero-order valence-corrected chi connectivity index (χ0v) is 9.47. The Morgan fingerprint density at radius 3 is 1.00 bits per heavy atom. The molecule has 0 heterocycles. The average Bonchev–Trinajstić information content (AvgIpc) is 0.722. The summed E-state index contributed by atoms with van der Waals surface area (Å²) in [5, 5.41) is 0.417. The summed E-state index contributed by atoms with van der Waals surface area (Å²) in [6, 6.07) is 0. The second-order valence-electron chi connectivity index (χ2n) is 2.37. The summed E-state index contributed by atoms with van der Waals surface area (Å²) in [5.41, 5.74) is 0. The first-order valence-corrected chi connectivity index (χ1v) is 2.37. The molecule has 0 saturated heterocycles. The normalized spacial score (nSPS) is 8.57. The molecular weight excluding hydrogens is 239 g/mol. The Bertz CT molecular complexity index is 25.2. The van der Waals surface area contributed by atoms with Crippen LogP contribution in [-0.2, 0) is 0 Å². The number of rotatable bonds is 0. The molecule has 0 aliphatic heterocycles. The van der Waals surface area contributed by atoms with Crippen LogP contribution in [0.1, 0.15) is 20.8 Å². The van der Waals surface area contributed by atoms with Crippen molar-refractivity contribution < 1.29 is 0 Å². The fourth-order valence-electron chi connectivity index (χ4n) is 0. The monoisotopic (exact) mass is 250 g/mol. The predicted molar refractivity (Wildman–Crippen MR) is 50.1 cm³/mol. The molecule has 0 N–H and O–H groups in total. The molecule has 48 valence electrons. The standard InChI is InChI=1S/C4H11P.2BrH/c1-4(2,3)5;;/h5H2,1-3H3;2*1H. The fourth-order valence-corrected chi connectivity index (χ4v) is 0. The van der Waals surface area contributed by atoms with Gasteiger partial charge in [-0.25, -0.2) is 0 Å². The lowest BCUT2D eigenvalue weighted by Gasteiger charge is -2.05. The molecule has 0 aromatic heterocycles. The lowest BCUT2D eigenvalue weighted by atomic mass is 10.3. The summed E-state index contributed by atoms with van der Waals surface area (Å²) >= 11 is 0. The van der Waals surface area contributed by atoms with Gasteiger partial charge in [-0.05, 0) is 5.16 Å². The van der Waals surface area contributed by atoms with Crippen molar-refractivity contribution in [3.63, 3.8) is 0 Å². The van der Waals surface area contributed by atoms with Crippen molar-refractivity contribution in [2.75, 3.05) is 0 Å². The highest BCUT2D eigenvalue weighted by molar-refractivity contribution is 8.93. The van der Waals surface area contributed by atoms with E-state index in [1.54, 1.807) is 0 Å². The van der Waals surface area contributed by atoms with Gasteiger partial charge in [-0.1, -0.05) is 20.8 Å². The minimum atomic E-state index is 0. The van der Waals surface area contributed by atoms with Crippen molar-refractivity contribution in [3.8, 4) is 0 Å². The third-order valence-electron chi connectivity index (χ3n) is 0. The van der Waals surface area contributed by atoms with E-state index in [1.807, 2.05) is 0 Å². The smallest absolute Gasteiger partial charge is 0.0235 e. The van der Waals surface area contributed by atoms with Gasteiger partial charge in [0.2, 0.25) is 0 Å². The first kappa shape index (κ1) is 15.8. The van der Waals surface area contributed by atoms with Crippen molar-refractivity contribution in [1.82, 2.24) is 0 Å². The Morgan fingerprint density at radius 2 is 1.00 bits per heavy atom. The lowest BCUT2D eigenvalue weighted by Crippen LogP contribution is -1.97. The highest BCUT2D eigenvalue weighted by Crippen LogP contribution is 2.12. The second kappa shape index (κ2) is 5.53. The van der Waals surface area contributed by atoms with E-state index in [0.29, 0.717) is 5.16 Å². The maximum atomic E-state index is 2.72. The molecule has 0 saturated carbocycles. The van der Waals surface area contributed by atoms with Crippen molar-refractivity contribution in [3.05, 3.63) is 0 Å². The summed E-state index contributed by atoms with van der Waals surface area (Å²) in [6.07, 6.45) is 0. The molecule has 7 heavy (non-hydrogen) atoms. The Hall–Kier alpha value is 1.39. The quantitative estimate of drug-likeness (QED) is 0.581. The van der Waals surface area contributed by atoms with Crippen LogP contribution in [0.2, 0.25) is 0 Å². The van der Waals surface area contributed by atoms with Gasteiger partial charge in [-0.15, -0.1) is 43.2 Å². The fraction of sp³-hybridized carbons (Fsp3) is 1.00. The van der Waals surface area contributed by atoms with Crippen LogP contribution < -0.4 is 0 Å². The third kappa shape index (κ3) is 111. The molecule has 0 aliphatic rings. The summed E-state index contributed by atoms with van der Waals surface area (Å²) in [5.74, 6) is 0. The van der Waals surface area contributed by atoms with Crippen molar-refractivity contribution in [2.45, 2.75) is 25.9 Å². The van der Waals surface area contributed by atoms with Gasteiger partial charge in [0.05, 0.1) is 0 Å². The molecule has 0 spiro atoms. The number of hydrogen-bond acceptors (Lipinski definition) is 0. The predicted octanol–water partition coefficient (Wildman–Crippen LogP) is 2.82. The topological polar surface area (TPSA) is 0 Å². The van der Waals surface area contributed by atoms with Crippen LogP contribution in [0.4, 0.5) is 0 Å². The molecule has 0 rings (SSSR count). The van der Waals surface area contributed by atoms with E-state index in [4.69, 9.17) is 0 Å². The molecule has 0 fully saturated rings. The largest absolute Gasteiger partial charge is 0.132 e. The van der Waals surface area contributed by atoms with Gasteiger partial charge in [0.15, 0.2) is 0 Å². The van der Waals surface area contributed by atoms with E-state index in [2.05, 4.69) is 30.0 Å². The number of hydrogen-bond donors (Lipinski definition) is 0. The van der Waals surface area contributed by atoms with E-state index >= 15 is 0 Å². The first-order valence-electron chi connectivity index (χ1n) is 1.79. The van der Waals surface area contributed by atoms with Gasteiger partial charge in [-0.2, -0.15) is 0 Å². The molecule has 0 aromatic rings. The van der Waals surface area contributed by atoms with Crippen LogP contribution in [0.5, 0.6) is 0 Å². The minimum Gasteiger partial charge on any atom is -0.132 e. The molecule has 0 aromatic carbocycles. The number of halogens is 2. The Balaban J connectivity index is -0.0000000800. The van der Waals surface area contributed by atoms with Crippen LogP contribution >= 0.6 is 43.2 Å². The molecule has 3 heteroatoms. The molecule has 1 unspecified atom stereocenters. The Kier molecular flexibility index (Phi) is 12.4. The Morgan fingerprint density at radius 1 is 1.00 bits per heavy atom. The van der Waals surface area contributed by atoms with E-state index in [0.717, 1.165) is 0 Å². The third-order valence-corrected chi connectivity index (χ3v) is 0. The summed E-state index contributed by atoms with van der Waals surface area (Å²) in [4.78, 5) is 0. The van der Waals surface area contributed by atoms with Crippen molar-refractivity contribution in [2.24, 2.45) is 0 Å². The summed E-state index contributed by atoms with van der Waals surface area (Å²) in [6.45, 7) is 6.45. The zero-order valence-electron chi connectivity index (χ0n) is 4.89. The minimum absolute atomic E-state index is 0. The average molecular weight is 252 g/mol. The van der Waals surface area contributed by atoms with Gasteiger partial charge in [0.1, 0.15) is 0 Å². The van der Waals surface area contributed by atoms with Crippen molar-refractivity contribution >= 4 is 43.2 Å². The first-order chi connectivity index (χ1) is 2.00. The van der Waals surface area contributed by atoms with Gasteiger partial charge in [-0.3, -0.25) is 0 Å². The van der Waals surface area contributed by atoms with Crippen molar-refractivity contribution in [1.29, 1.82) is 0 Å². The summed E-state index contributed by atoms with van der Waals surface area (Å²) < 4.78 is 0. The molecule has 0 bridgehead atoms. The van der Waals surface area contributed by atoms with Gasteiger partial charge < -0.3 is 0 Å². The van der Waals surface area contributed by atoms with E-state index in [-0.39, 0.29) is 34.0 Å². The van der Waals surface area contributed by atoms with E-state index in [9.17, 15) is 0 Å². The summed E-state index contributed by atoms with van der Waals surface area (Å²) in [7, 11) is 2.72. The lowest BCUT2D eigenvalue weighted by molar-refractivity contribution is 0.804. The van der Waals surface area contributed by atoms with Crippen LogP contribution in [0.3, 0.4) is 0 Å². The molecule has 0 radical (unpaired) electrons. The van der Waals surface area contributed by atoms with Gasteiger partial charge in [0.25, 0.3) is 0 Å². The molecule has 0 aliphatic carbocycles. The molecular formula is C4H13Br2P. The van der Waals surface area contributed by atoms with Crippen LogP contribution in [0.25, 0.3) is 0 Å². The molecule has 0 nitrogen and oxygen atoms in total. The van der Waals surface area contributed by atoms with Gasteiger partial charge >= 0.3 is 0 Å². The highest BCUT2D eigenvalue weighted by Gasteiger charge is 1.95. The molecule has 1 atom stereocenters. The molecule has 0 amide bonds. The van der Waals surface area contributed by atoms with Crippen LogP contribution in [0, 0.1) is 0 Å².